The molecule has 0 saturated carbocycles. The number of hydrogen-bond donors (Lipinski definition) is 0. The van der Waals surface area contributed by atoms with Gasteiger partial charge in [0.25, 0.3) is 0 Å². The molecule has 1 aliphatic rings. The first kappa shape index (κ1) is 19.8. The molecule has 2 aromatic rings. The summed E-state index contributed by atoms with van der Waals surface area (Å²) in [4.78, 5) is 0.319. The van der Waals surface area contributed by atoms with Crippen molar-refractivity contribution in [2.45, 2.75) is 11.4 Å². The summed E-state index contributed by atoms with van der Waals surface area (Å²) in [6, 6.07) is 13.4. The second-order valence-electron chi connectivity index (χ2n) is 5.57. The first-order chi connectivity index (χ1) is 11.7. The molecule has 1 fully saturated rings. The number of pyridine rings is 1. The summed E-state index contributed by atoms with van der Waals surface area (Å²) in [6.07, 6.45) is 7.59. The lowest BCUT2D eigenvalue weighted by molar-refractivity contribution is -0.688. The van der Waals surface area contributed by atoms with Crippen LogP contribution in [0.4, 0.5) is 0 Å². The lowest BCUT2D eigenvalue weighted by atomic mass is 10.2. The maximum Gasteiger partial charge on any atom is 0.249 e. The fourth-order valence-corrected chi connectivity index (χ4v) is 4.02. The van der Waals surface area contributed by atoms with Crippen molar-refractivity contribution in [2.24, 2.45) is 0 Å². The molecule has 5 nitrogen and oxygen atoms in total. The van der Waals surface area contributed by atoms with E-state index in [1.54, 1.807) is 18.3 Å². The summed E-state index contributed by atoms with van der Waals surface area (Å²) in [5.74, 6) is 0. The van der Waals surface area contributed by atoms with E-state index in [9.17, 15) is 8.42 Å². The number of sulfonamides is 1. The van der Waals surface area contributed by atoms with Gasteiger partial charge in [-0.25, -0.2) is 13.0 Å². The van der Waals surface area contributed by atoms with Gasteiger partial charge in [-0.05, 0) is 17.7 Å². The minimum absolute atomic E-state index is 0. The molecule has 3 rings (SSSR count). The highest BCUT2D eigenvalue weighted by molar-refractivity contribution is 8.93. The highest BCUT2D eigenvalue weighted by Crippen LogP contribution is 2.15. The zero-order valence-corrected chi connectivity index (χ0v) is 16.4. The molecular weight excluding hydrogens is 404 g/mol. The molecule has 1 aromatic heterocycles. The van der Waals surface area contributed by atoms with Gasteiger partial charge in [-0.1, -0.05) is 36.4 Å². The van der Waals surface area contributed by atoms with E-state index in [-0.39, 0.29) is 17.0 Å². The van der Waals surface area contributed by atoms with Crippen LogP contribution in [0.1, 0.15) is 5.56 Å². The Morgan fingerprint density at radius 3 is 2.52 bits per heavy atom. The van der Waals surface area contributed by atoms with Gasteiger partial charge in [-0.15, -0.1) is 17.0 Å². The van der Waals surface area contributed by atoms with Crippen molar-refractivity contribution in [1.82, 2.24) is 4.31 Å². The first-order valence-corrected chi connectivity index (χ1v) is 9.39. The Morgan fingerprint density at radius 2 is 1.80 bits per heavy atom. The van der Waals surface area contributed by atoms with Gasteiger partial charge in [0.05, 0.1) is 13.2 Å². The van der Waals surface area contributed by atoms with Gasteiger partial charge < -0.3 is 4.74 Å². The van der Waals surface area contributed by atoms with Crippen LogP contribution in [0.2, 0.25) is 0 Å². The molecule has 0 spiro atoms. The number of rotatable bonds is 5. The Bertz CT molecular complexity index is 804. The Hall–Kier alpha value is -1.54. The summed E-state index contributed by atoms with van der Waals surface area (Å²) in [5.41, 5.74) is 1.12. The normalized spacial score (nSPS) is 15.8. The SMILES string of the molecule is Br.O=S(=O)(c1ccc[n+](C/C=C\c2ccccc2)c1)N1CCOCC1. The van der Waals surface area contributed by atoms with Crippen molar-refractivity contribution < 1.29 is 17.7 Å². The number of aromatic nitrogens is 1. The van der Waals surface area contributed by atoms with Gasteiger partial charge in [0, 0.05) is 19.2 Å². The molecule has 0 amide bonds. The van der Waals surface area contributed by atoms with E-state index in [2.05, 4.69) is 0 Å². The Kier molecular flexibility index (Phi) is 7.31. The van der Waals surface area contributed by atoms with Crippen LogP contribution < -0.4 is 4.57 Å². The number of hydrogen-bond acceptors (Lipinski definition) is 3. The minimum Gasteiger partial charge on any atom is -0.379 e. The molecular formula is C18H22BrN2O3S+. The standard InChI is InChI=1S/C18H21N2O3S.BrH/c21-24(22,20-12-14-23-15-13-20)18-9-5-11-19(16-18)10-4-8-17-6-2-1-3-7-17;/h1-9,11,16H,10,12-15H2;1H/q+1;/b8-4-;. The molecule has 1 saturated heterocycles. The molecule has 0 bridgehead atoms. The summed E-state index contributed by atoms with van der Waals surface area (Å²) in [7, 11) is -3.45. The Balaban J connectivity index is 0.00000225. The van der Waals surface area contributed by atoms with Crippen molar-refractivity contribution >= 4 is 33.1 Å². The molecule has 25 heavy (non-hydrogen) atoms. The molecule has 7 heteroatoms. The maximum atomic E-state index is 12.7. The van der Waals surface area contributed by atoms with Gasteiger partial charge in [0.1, 0.15) is 4.90 Å². The van der Waals surface area contributed by atoms with Crippen LogP contribution in [0.3, 0.4) is 0 Å². The van der Waals surface area contributed by atoms with Crippen LogP contribution in [-0.2, 0) is 21.3 Å². The van der Waals surface area contributed by atoms with Crippen LogP contribution in [0.5, 0.6) is 0 Å². The second kappa shape index (κ2) is 9.24. The minimum atomic E-state index is -3.45. The number of benzene rings is 1. The molecule has 2 heterocycles. The third-order valence-corrected chi connectivity index (χ3v) is 5.75. The van der Waals surface area contributed by atoms with E-state index < -0.39 is 10.0 Å². The van der Waals surface area contributed by atoms with Gasteiger partial charge in [-0.2, -0.15) is 4.31 Å². The fourth-order valence-electron chi connectivity index (χ4n) is 2.57. The molecule has 134 valence electrons. The zero-order chi connectivity index (χ0) is 16.8. The van der Waals surface area contributed by atoms with E-state index in [1.165, 1.54) is 4.31 Å². The molecule has 0 radical (unpaired) electrons. The zero-order valence-electron chi connectivity index (χ0n) is 13.8. The van der Waals surface area contributed by atoms with Crippen LogP contribution >= 0.6 is 17.0 Å². The molecule has 0 atom stereocenters. The van der Waals surface area contributed by atoms with Gasteiger partial charge in [-0.3, -0.25) is 0 Å². The number of ether oxygens (including phenoxy) is 1. The summed E-state index contributed by atoms with van der Waals surface area (Å²) in [5, 5.41) is 0. The van der Waals surface area contributed by atoms with Crippen LogP contribution in [0, 0.1) is 0 Å². The van der Waals surface area contributed by atoms with Crippen molar-refractivity contribution in [1.29, 1.82) is 0 Å². The van der Waals surface area contributed by atoms with E-state index in [1.807, 2.05) is 53.2 Å². The summed E-state index contributed by atoms with van der Waals surface area (Å²) in [6.45, 7) is 2.33. The van der Waals surface area contributed by atoms with E-state index in [0.717, 1.165) is 5.56 Å². The smallest absolute Gasteiger partial charge is 0.249 e. The molecule has 0 aliphatic carbocycles. The fraction of sp³-hybridized carbons (Fsp3) is 0.278. The molecule has 0 unspecified atom stereocenters. The molecule has 1 aromatic carbocycles. The van der Waals surface area contributed by atoms with Crippen molar-refractivity contribution in [3.63, 3.8) is 0 Å². The highest BCUT2D eigenvalue weighted by Gasteiger charge is 2.28. The van der Waals surface area contributed by atoms with E-state index >= 15 is 0 Å². The third-order valence-electron chi connectivity index (χ3n) is 3.87. The van der Waals surface area contributed by atoms with Gasteiger partial charge >= 0.3 is 0 Å². The number of nitrogens with zero attached hydrogens (tertiary/aromatic N) is 2. The summed E-state index contributed by atoms with van der Waals surface area (Å²) < 4.78 is 33.9. The highest BCUT2D eigenvalue weighted by atomic mass is 79.9. The lowest BCUT2D eigenvalue weighted by Crippen LogP contribution is -2.42. The van der Waals surface area contributed by atoms with E-state index in [0.29, 0.717) is 37.7 Å². The quantitative estimate of drug-likeness (QED) is 0.690. The first-order valence-electron chi connectivity index (χ1n) is 7.95. The predicted molar refractivity (Wildman–Crippen MR) is 102 cm³/mol. The number of allylic oxidation sites excluding steroid dienone is 1. The third kappa shape index (κ3) is 5.22. The maximum absolute atomic E-state index is 12.7. The van der Waals surface area contributed by atoms with Crippen LogP contribution in [0.15, 0.2) is 65.8 Å². The Labute approximate surface area is 159 Å². The topological polar surface area (TPSA) is 50.5 Å². The van der Waals surface area contributed by atoms with Gasteiger partial charge in [0.2, 0.25) is 10.0 Å². The Morgan fingerprint density at radius 1 is 1.08 bits per heavy atom. The monoisotopic (exact) mass is 425 g/mol. The number of halogens is 1. The average molecular weight is 426 g/mol. The largest absolute Gasteiger partial charge is 0.379 e. The van der Waals surface area contributed by atoms with Crippen molar-refractivity contribution in [3.05, 3.63) is 66.5 Å². The van der Waals surface area contributed by atoms with Crippen molar-refractivity contribution in [2.75, 3.05) is 26.3 Å². The van der Waals surface area contributed by atoms with Crippen LogP contribution in [0.25, 0.3) is 6.08 Å². The van der Waals surface area contributed by atoms with Crippen LogP contribution in [-0.4, -0.2) is 39.0 Å². The lowest BCUT2D eigenvalue weighted by Gasteiger charge is -2.25. The molecule has 1 aliphatic heterocycles. The van der Waals surface area contributed by atoms with Crippen molar-refractivity contribution in [3.8, 4) is 0 Å². The number of morpholine rings is 1. The van der Waals surface area contributed by atoms with E-state index in [4.69, 9.17) is 4.74 Å². The summed E-state index contributed by atoms with van der Waals surface area (Å²) >= 11 is 0. The van der Waals surface area contributed by atoms with Gasteiger partial charge in [0.15, 0.2) is 18.9 Å². The average Bonchev–Trinajstić information content (AvgIpc) is 2.64. The second-order valence-corrected chi connectivity index (χ2v) is 7.50. The molecule has 0 N–H and O–H groups in total. The predicted octanol–water partition coefficient (Wildman–Crippen LogP) is 2.29.